The third-order valence-electron chi connectivity index (χ3n) is 0.970. The first-order valence-electron chi connectivity index (χ1n) is 4.16. The van der Waals surface area contributed by atoms with Crippen molar-refractivity contribution in [1.29, 1.82) is 0 Å². The van der Waals surface area contributed by atoms with Crippen LogP contribution in [0.25, 0.3) is 0 Å². The predicted molar refractivity (Wildman–Crippen MR) is 48.0 cm³/mol. The fourth-order valence-corrected chi connectivity index (χ4v) is 0.432. The van der Waals surface area contributed by atoms with Gasteiger partial charge in [0.2, 0.25) is 0 Å². The molecule has 7 nitrogen and oxygen atoms in total. The Kier molecular flexibility index (Phi) is 16.3. The fraction of sp³-hybridized carbons (Fsp3) is 0.857. The van der Waals surface area contributed by atoms with Crippen molar-refractivity contribution in [3.63, 3.8) is 0 Å². The molecule has 0 aliphatic rings. The molecular weight excluding hydrogens is 190 g/mol. The van der Waals surface area contributed by atoms with E-state index >= 15 is 0 Å². The van der Waals surface area contributed by atoms with Crippen LogP contribution in [0, 0.1) is 0 Å². The van der Waals surface area contributed by atoms with Crippen molar-refractivity contribution in [3.05, 3.63) is 0 Å². The first-order valence-corrected chi connectivity index (χ1v) is 4.16. The number of quaternary nitrogens is 1. The number of carbonyl (C=O) groups excluding carboxylic acids is 1. The van der Waals surface area contributed by atoms with E-state index in [9.17, 15) is 9.90 Å². The summed E-state index contributed by atoms with van der Waals surface area (Å²) in [4.78, 5) is 9.64. The zero-order chi connectivity index (χ0) is 11.2. The molecule has 0 spiro atoms. The molecule has 0 heterocycles. The second-order valence-electron chi connectivity index (χ2n) is 2.18. The number of methoxy groups -OCH3 is 2. The molecule has 0 radical (unpaired) electrons. The standard InChI is InChI=1S/C4H10N2O3.C3H9NO/c1-9-3-2-5-6-4(7)8;1-5-3-2-4/h5-6H,2-3H2,1H3,(H,7,8);2-4H2,1H3. The first kappa shape index (κ1) is 15.6. The van der Waals surface area contributed by atoms with Crippen LogP contribution in [0.15, 0.2) is 0 Å². The van der Waals surface area contributed by atoms with Crippen molar-refractivity contribution >= 4 is 6.09 Å². The van der Waals surface area contributed by atoms with Gasteiger partial charge in [0.05, 0.1) is 19.8 Å². The summed E-state index contributed by atoms with van der Waals surface area (Å²) in [7, 11) is 3.20. The molecule has 0 saturated heterocycles. The van der Waals surface area contributed by atoms with Crippen molar-refractivity contribution in [2.45, 2.75) is 0 Å². The van der Waals surface area contributed by atoms with E-state index < -0.39 is 6.09 Å². The lowest BCUT2D eigenvalue weighted by Crippen LogP contribution is -2.52. The maximum atomic E-state index is 9.64. The van der Waals surface area contributed by atoms with Gasteiger partial charge in [-0.25, -0.2) is 5.43 Å². The van der Waals surface area contributed by atoms with Gasteiger partial charge in [0.1, 0.15) is 6.09 Å². The van der Waals surface area contributed by atoms with E-state index in [4.69, 9.17) is 0 Å². The average Bonchev–Trinajstić information content (AvgIpc) is 2.15. The third-order valence-corrected chi connectivity index (χ3v) is 0.970. The highest BCUT2D eigenvalue weighted by Crippen LogP contribution is 1.59. The van der Waals surface area contributed by atoms with Crippen molar-refractivity contribution in [2.75, 3.05) is 40.5 Å². The fourth-order valence-electron chi connectivity index (χ4n) is 0.432. The summed E-state index contributed by atoms with van der Waals surface area (Å²) < 4.78 is 9.24. The Morgan fingerprint density at radius 2 is 1.93 bits per heavy atom. The molecule has 0 saturated carbocycles. The van der Waals surface area contributed by atoms with Crippen LogP contribution in [0.1, 0.15) is 0 Å². The second-order valence-corrected chi connectivity index (χ2v) is 2.18. The molecule has 0 aliphatic carbocycles. The summed E-state index contributed by atoms with van der Waals surface area (Å²) in [5.74, 6) is 0. The summed E-state index contributed by atoms with van der Waals surface area (Å²) in [6.45, 7) is 2.54. The zero-order valence-corrected chi connectivity index (χ0v) is 8.67. The minimum absolute atomic E-state index is 0.435. The monoisotopic (exact) mass is 209 g/mol. The lowest BCUT2D eigenvalue weighted by molar-refractivity contribution is -0.373. The topological polar surface area (TPSA) is 110 Å². The molecule has 0 aromatic carbocycles. The molecule has 0 fully saturated rings. The summed E-state index contributed by atoms with van der Waals surface area (Å²) >= 11 is 0. The van der Waals surface area contributed by atoms with Gasteiger partial charge < -0.3 is 30.5 Å². The van der Waals surface area contributed by atoms with Gasteiger partial charge in [0.25, 0.3) is 0 Å². The van der Waals surface area contributed by atoms with Crippen molar-refractivity contribution in [1.82, 2.24) is 10.9 Å². The Morgan fingerprint density at radius 3 is 2.21 bits per heavy atom. The van der Waals surface area contributed by atoms with Crippen LogP contribution in [0.3, 0.4) is 0 Å². The number of rotatable bonds is 6. The van der Waals surface area contributed by atoms with Crippen molar-refractivity contribution < 1.29 is 25.1 Å². The molecule has 0 bridgehead atoms. The minimum atomic E-state index is -1.34. The van der Waals surface area contributed by atoms with Gasteiger partial charge >= 0.3 is 0 Å². The lowest BCUT2D eigenvalue weighted by Gasteiger charge is -2.06. The highest BCUT2D eigenvalue weighted by atomic mass is 16.5. The number of hydrazine groups is 1. The molecule has 7 heteroatoms. The van der Waals surface area contributed by atoms with E-state index in [0.717, 1.165) is 13.2 Å². The summed E-state index contributed by atoms with van der Waals surface area (Å²) in [5.41, 5.74) is 7.75. The van der Waals surface area contributed by atoms with Gasteiger partial charge in [-0.2, -0.15) is 0 Å². The van der Waals surface area contributed by atoms with Crippen LogP contribution in [0.4, 0.5) is 4.79 Å². The quantitative estimate of drug-likeness (QED) is 0.318. The Morgan fingerprint density at radius 1 is 1.36 bits per heavy atom. The van der Waals surface area contributed by atoms with E-state index in [2.05, 4.69) is 20.6 Å². The van der Waals surface area contributed by atoms with Crippen LogP contribution >= 0.6 is 0 Å². The van der Waals surface area contributed by atoms with Crippen LogP contribution < -0.4 is 21.7 Å². The zero-order valence-electron chi connectivity index (χ0n) is 8.67. The van der Waals surface area contributed by atoms with E-state index in [-0.39, 0.29) is 0 Å². The molecule has 0 aromatic rings. The van der Waals surface area contributed by atoms with E-state index in [1.54, 1.807) is 7.11 Å². The van der Waals surface area contributed by atoms with Gasteiger partial charge in [-0.15, -0.1) is 0 Å². The number of ether oxygens (including phenoxy) is 2. The maximum absolute atomic E-state index is 9.64. The lowest BCUT2D eigenvalue weighted by atomic mass is 10.7. The van der Waals surface area contributed by atoms with E-state index in [1.807, 2.05) is 5.43 Å². The average molecular weight is 209 g/mol. The molecular formula is C7H19N3O4. The molecule has 0 atom stereocenters. The number of carbonyl (C=O) groups is 1. The maximum Gasteiger partial charge on any atom is 0.149 e. The molecule has 86 valence electrons. The highest BCUT2D eigenvalue weighted by Gasteiger charge is 1.81. The van der Waals surface area contributed by atoms with Gasteiger partial charge in [-0.1, -0.05) is 0 Å². The van der Waals surface area contributed by atoms with Crippen LogP contribution in [0.5, 0.6) is 0 Å². The van der Waals surface area contributed by atoms with Gasteiger partial charge in [0, 0.05) is 20.8 Å². The Hall–Kier alpha value is -0.890. The van der Waals surface area contributed by atoms with Crippen LogP contribution in [0.2, 0.25) is 0 Å². The van der Waals surface area contributed by atoms with Crippen molar-refractivity contribution in [2.24, 2.45) is 0 Å². The summed E-state index contributed by atoms with van der Waals surface area (Å²) in [6.07, 6.45) is -1.34. The summed E-state index contributed by atoms with van der Waals surface area (Å²) in [5, 5.41) is 9.64. The molecule has 0 aliphatic heterocycles. The molecule has 0 rings (SSSR count). The van der Waals surface area contributed by atoms with Gasteiger partial charge in [-0.3, -0.25) is 0 Å². The predicted octanol–water partition coefficient (Wildman–Crippen LogP) is -3.05. The smallest absolute Gasteiger partial charge is 0.149 e. The second kappa shape index (κ2) is 14.6. The molecule has 0 unspecified atom stereocenters. The van der Waals surface area contributed by atoms with Crippen LogP contribution in [-0.2, 0) is 9.47 Å². The summed E-state index contributed by atoms with van der Waals surface area (Å²) in [6, 6.07) is 0. The molecule has 0 aromatic heterocycles. The Balaban J connectivity index is 0. The highest BCUT2D eigenvalue weighted by molar-refractivity contribution is 5.60. The molecule has 5 N–H and O–H groups in total. The number of hydrogen-bond acceptors (Lipinski definition) is 5. The molecule has 1 amide bonds. The SMILES string of the molecule is COCCNNC(=O)[O-].COCC[NH3+]. The number of carboxylic acid groups (broad SMARTS) is 1. The van der Waals surface area contributed by atoms with E-state index in [1.165, 1.54) is 7.11 Å². The van der Waals surface area contributed by atoms with Crippen LogP contribution in [-0.4, -0.2) is 46.6 Å². The Bertz CT molecular complexity index is 122. The molecule has 14 heavy (non-hydrogen) atoms. The third kappa shape index (κ3) is 22.5. The van der Waals surface area contributed by atoms with Gasteiger partial charge in [0.15, 0.2) is 0 Å². The van der Waals surface area contributed by atoms with E-state index in [0.29, 0.717) is 13.2 Å². The number of amides is 1. The normalized spacial score (nSPS) is 8.79. The Labute approximate surface area is 83.5 Å². The van der Waals surface area contributed by atoms with Crippen molar-refractivity contribution in [3.8, 4) is 0 Å². The first-order chi connectivity index (χ1) is 6.68. The largest absolute Gasteiger partial charge is 0.529 e. The van der Waals surface area contributed by atoms with Gasteiger partial charge in [-0.05, 0) is 0 Å². The minimum Gasteiger partial charge on any atom is -0.529 e. The number of hydrogen-bond donors (Lipinski definition) is 3. The number of nitrogens with one attached hydrogen (secondary N) is 2.